The number of thiophene rings is 2. The predicted octanol–water partition coefficient (Wildman–Crippen LogP) is 3.69. The molecule has 1 amide bonds. The molecule has 6 nitrogen and oxygen atoms in total. The number of hydrogen-bond acceptors (Lipinski definition) is 6. The number of rotatable bonds is 4. The molecule has 1 atom stereocenters. The van der Waals surface area contributed by atoms with Gasteiger partial charge in [0.1, 0.15) is 5.00 Å². The van der Waals surface area contributed by atoms with Crippen LogP contribution in [0.5, 0.6) is 0 Å². The van der Waals surface area contributed by atoms with Crippen LogP contribution in [0.4, 0.5) is 10.0 Å². The summed E-state index contributed by atoms with van der Waals surface area (Å²) < 4.78 is 0. The lowest BCUT2D eigenvalue weighted by molar-refractivity contribution is -0.380. The van der Waals surface area contributed by atoms with Gasteiger partial charge in [-0.15, -0.1) is 11.3 Å². The first-order chi connectivity index (χ1) is 11.0. The first kappa shape index (κ1) is 15.8. The van der Waals surface area contributed by atoms with Crippen molar-refractivity contribution in [2.24, 2.45) is 16.6 Å². The molecule has 2 N–H and O–H groups in total. The Kier molecular flexibility index (Phi) is 4.27. The van der Waals surface area contributed by atoms with Crippen LogP contribution in [0.2, 0.25) is 0 Å². The van der Waals surface area contributed by atoms with Gasteiger partial charge in [0.2, 0.25) is 0 Å². The van der Waals surface area contributed by atoms with Crippen LogP contribution in [0.25, 0.3) is 0 Å². The largest absolute Gasteiger partial charge is 0.365 e. The maximum Gasteiger partial charge on any atom is 0.324 e. The third-order valence-electron chi connectivity index (χ3n) is 3.84. The molecule has 0 radical (unpaired) electrons. The lowest BCUT2D eigenvalue weighted by atomic mass is 9.87. The zero-order valence-electron chi connectivity index (χ0n) is 12.4. The van der Waals surface area contributed by atoms with Crippen LogP contribution in [0, 0.1) is 16.0 Å². The molecule has 1 aliphatic carbocycles. The quantitative estimate of drug-likeness (QED) is 0.517. The molecule has 0 spiro atoms. The second-order valence-corrected chi connectivity index (χ2v) is 7.76. The van der Waals surface area contributed by atoms with E-state index < -0.39 is 10.8 Å². The van der Waals surface area contributed by atoms with Crippen molar-refractivity contribution in [3.63, 3.8) is 0 Å². The van der Waals surface area contributed by atoms with Crippen LogP contribution >= 0.6 is 22.7 Å². The highest BCUT2D eigenvalue weighted by Gasteiger charge is 2.26. The summed E-state index contributed by atoms with van der Waals surface area (Å²) in [6, 6.07) is 3.09. The normalized spacial score (nSPS) is 17.3. The molecule has 0 fully saturated rings. The molecular weight excluding hydrogens is 334 g/mol. The molecule has 2 aromatic rings. The number of primary amides is 1. The number of hydrogen-bond donors (Lipinski definition) is 1. The van der Waals surface area contributed by atoms with Gasteiger partial charge in [0, 0.05) is 17.2 Å². The smallest absolute Gasteiger partial charge is 0.324 e. The number of carbonyl (C=O) groups is 1. The molecule has 0 aliphatic heterocycles. The van der Waals surface area contributed by atoms with Gasteiger partial charge in [0.05, 0.1) is 15.4 Å². The fourth-order valence-corrected chi connectivity index (χ4v) is 4.61. The van der Waals surface area contributed by atoms with Gasteiger partial charge in [-0.1, -0.05) is 18.3 Å². The number of nitrogens with two attached hydrogens (primary N) is 1. The molecule has 2 heterocycles. The van der Waals surface area contributed by atoms with Gasteiger partial charge >= 0.3 is 5.00 Å². The Morgan fingerprint density at radius 3 is 2.91 bits per heavy atom. The van der Waals surface area contributed by atoms with Crippen LogP contribution in [-0.2, 0) is 12.8 Å². The van der Waals surface area contributed by atoms with Crippen LogP contribution in [-0.4, -0.2) is 17.0 Å². The molecule has 1 unspecified atom stereocenters. The molecule has 0 bridgehead atoms. The average molecular weight is 349 g/mol. The van der Waals surface area contributed by atoms with E-state index in [0.717, 1.165) is 36.2 Å². The van der Waals surface area contributed by atoms with E-state index in [9.17, 15) is 14.9 Å². The van der Waals surface area contributed by atoms with Crippen molar-refractivity contribution in [3.8, 4) is 0 Å². The molecular formula is C15H15N3O3S2. The van der Waals surface area contributed by atoms with Gasteiger partial charge in [-0.2, -0.15) is 0 Å². The van der Waals surface area contributed by atoms with Crippen molar-refractivity contribution in [3.05, 3.63) is 43.1 Å². The topological polar surface area (TPSA) is 98.6 Å². The molecule has 120 valence electrons. The fraction of sp³-hybridized carbons (Fsp3) is 0.333. The van der Waals surface area contributed by atoms with Gasteiger partial charge in [-0.3, -0.25) is 14.9 Å². The number of nitro groups is 1. The maximum absolute atomic E-state index is 11.8. The Morgan fingerprint density at radius 2 is 2.26 bits per heavy atom. The first-order valence-electron chi connectivity index (χ1n) is 7.18. The summed E-state index contributed by atoms with van der Waals surface area (Å²) in [5.74, 6) is 0.0767. The Morgan fingerprint density at radius 1 is 1.48 bits per heavy atom. The number of carbonyl (C=O) groups excluding carboxylic acids is 1. The molecule has 0 saturated heterocycles. The highest BCUT2D eigenvalue weighted by atomic mass is 32.1. The van der Waals surface area contributed by atoms with Crippen molar-refractivity contribution in [1.29, 1.82) is 0 Å². The number of nitrogens with zero attached hydrogens (tertiary/aromatic N) is 2. The van der Waals surface area contributed by atoms with E-state index in [1.165, 1.54) is 22.3 Å². The predicted molar refractivity (Wildman–Crippen MR) is 92.3 cm³/mol. The van der Waals surface area contributed by atoms with Gasteiger partial charge in [0.15, 0.2) is 0 Å². The minimum Gasteiger partial charge on any atom is -0.365 e. The van der Waals surface area contributed by atoms with E-state index in [2.05, 4.69) is 11.9 Å². The van der Waals surface area contributed by atoms with Gasteiger partial charge < -0.3 is 5.73 Å². The van der Waals surface area contributed by atoms with Crippen LogP contribution < -0.4 is 5.73 Å². The lowest BCUT2D eigenvalue weighted by Gasteiger charge is -2.18. The third kappa shape index (κ3) is 3.18. The summed E-state index contributed by atoms with van der Waals surface area (Å²) in [5, 5.41) is 11.4. The van der Waals surface area contributed by atoms with E-state index in [4.69, 9.17) is 5.73 Å². The molecule has 8 heteroatoms. The SMILES string of the molecule is CC1CCc2sc(N=Cc3ccc([N+](=O)[O-])s3)c(C(N)=O)c2C1. The minimum atomic E-state index is -0.457. The summed E-state index contributed by atoms with van der Waals surface area (Å²) in [4.78, 5) is 28.3. The van der Waals surface area contributed by atoms with Crippen molar-refractivity contribution in [2.75, 3.05) is 0 Å². The van der Waals surface area contributed by atoms with E-state index in [0.29, 0.717) is 21.4 Å². The second-order valence-electron chi connectivity index (χ2n) is 5.59. The van der Waals surface area contributed by atoms with Gasteiger partial charge in [-0.05, 0) is 36.8 Å². The van der Waals surface area contributed by atoms with Gasteiger partial charge in [0.25, 0.3) is 5.91 Å². The Bertz CT molecular complexity index is 807. The molecule has 23 heavy (non-hydrogen) atoms. The number of fused-ring (bicyclic) bond motifs is 1. The molecule has 0 aromatic carbocycles. The van der Waals surface area contributed by atoms with Crippen molar-refractivity contribution in [1.82, 2.24) is 0 Å². The van der Waals surface area contributed by atoms with E-state index >= 15 is 0 Å². The van der Waals surface area contributed by atoms with Gasteiger partial charge in [-0.25, -0.2) is 4.99 Å². The second kappa shape index (κ2) is 6.21. The first-order valence-corrected chi connectivity index (χ1v) is 8.81. The van der Waals surface area contributed by atoms with E-state index in [1.807, 2.05) is 0 Å². The zero-order chi connectivity index (χ0) is 16.6. The average Bonchev–Trinajstić information content (AvgIpc) is 3.08. The summed E-state index contributed by atoms with van der Waals surface area (Å²) >= 11 is 2.55. The van der Waals surface area contributed by atoms with Crippen LogP contribution in [0.15, 0.2) is 17.1 Å². The maximum atomic E-state index is 11.8. The molecule has 1 aliphatic rings. The highest BCUT2D eigenvalue weighted by molar-refractivity contribution is 7.17. The van der Waals surface area contributed by atoms with E-state index in [-0.39, 0.29) is 5.00 Å². The molecule has 3 rings (SSSR count). The number of aryl methyl sites for hydroxylation is 1. The highest BCUT2D eigenvalue weighted by Crippen LogP contribution is 2.41. The van der Waals surface area contributed by atoms with Crippen molar-refractivity contribution >= 4 is 44.8 Å². The monoisotopic (exact) mass is 349 g/mol. The summed E-state index contributed by atoms with van der Waals surface area (Å²) in [5.41, 5.74) is 7.09. The minimum absolute atomic E-state index is 0.0703. The summed E-state index contributed by atoms with van der Waals surface area (Å²) in [6.07, 6.45) is 4.46. The third-order valence-corrected chi connectivity index (χ3v) is 6.01. The van der Waals surface area contributed by atoms with Crippen molar-refractivity contribution in [2.45, 2.75) is 26.2 Å². The summed E-state index contributed by atoms with van der Waals surface area (Å²) in [6.45, 7) is 2.17. The number of aliphatic imine (C=N–C) groups is 1. The Hall–Kier alpha value is -2.06. The number of amides is 1. The Balaban J connectivity index is 1.94. The van der Waals surface area contributed by atoms with Crippen molar-refractivity contribution < 1.29 is 9.72 Å². The molecule has 0 saturated carbocycles. The standard InChI is InChI=1S/C15H15N3O3S2/c1-8-2-4-11-10(6-8)13(14(16)19)15(23-11)17-7-9-3-5-12(22-9)18(20)21/h3,5,7-8H,2,4,6H2,1H3,(H2,16,19). The Labute approximate surface area is 140 Å². The van der Waals surface area contributed by atoms with E-state index in [1.54, 1.807) is 12.3 Å². The summed E-state index contributed by atoms with van der Waals surface area (Å²) in [7, 11) is 0. The van der Waals surface area contributed by atoms with Crippen LogP contribution in [0.3, 0.4) is 0 Å². The van der Waals surface area contributed by atoms with Crippen LogP contribution in [0.1, 0.15) is 39.0 Å². The fourth-order valence-electron chi connectivity index (χ4n) is 2.72. The molecule has 2 aromatic heterocycles. The lowest BCUT2D eigenvalue weighted by Crippen LogP contribution is -2.17. The zero-order valence-corrected chi connectivity index (χ0v) is 14.1.